The molecule has 25 heavy (non-hydrogen) atoms. The van der Waals surface area contributed by atoms with E-state index in [1.165, 1.54) is 18.2 Å². The lowest BCUT2D eigenvalue weighted by atomic mass is 10.3. The largest absolute Gasteiger partial charge is 0.364 e. The molecule has 0 aliphatic heterocycles. The van der Waals surface area contributed by atoms with Gasteiger partial charge in [-0.05, 0) is 44.4 Å². The molecule has 11 nitrogen and oxygen atoms in total. The first-order valence-electron chi connectivity index (χ1n) is 6.57. The molecular formula is C11H13BrFN7O4S. The van der Waals surface area contributed by atoms with E-state index in [4.69, 9.17) is 5.84 Å². The second kappa shape index (κ2) is 8.30. The third-order valence-corrected chi connectivity index (χ3v) is 4.51. The minimum absolute atomic E-state index is 0.0129. The average Bonchev–Trinajstić information content (AvgIpc) is 3.04. The van der Waals surface area contributed by atoms with Crippen molar-refractivity contribution < 1.29 is 22.6 Å². The van der Waals surface area contributed by atoms with Crippen LogP contribution >= 0.6 is 15.9 Å². The van der Waals surface area contributed by atoms with Crippen molar-refractivity contribution in [3.8, 4) is 0 Å². The normalized spacial score (nSPS) is 12.2. The standard InChI is InChI=1S/C11H13BrFN7O4S/c12-7-5-6(1-2-8(7)13)16-11(17-21)9-10(19-24-18-9)15-3-4-25(22,23)20-14/h1-2,5,20-21H,3-4,14H2,(H,15,19)(H,16,17). The third-order valence-electron chi connectivity index (χ3n) is 2.81. The fraction of sp³-hybridized carbons (Fsp3) is 0.182. The first kappa shape index (κ1) is 19.2. The molecule has 0 radical (unpaired) electrons. The molecule has 0 aliphatic rings. The van der Waals surface area contributed by atoms with Crippen LogP contribution in [-0.4, -0.2) is 42.1 Å². The zero-order valence-corrected chi connectivity index (χ0v) is 14.8. The van der Waals surface area contributed by atoms with E-state index in [0.29, 0.717) is 5.69 Å². The van der Waals surface area contributed by atoms with Gasteiger partial charge in [0.2, 0.25) is 15.8 Å². The maximum absolute atomic E-state index is 13.2. The number of hydrazine groups is 1. The molecular weight excluding hydrogens is 425 g/mol. The molecule has 136 valence electrons. The summed E-state index contributed by atoms with van der Waals surface area (Å²) in [5.74, 6) is 3.95. The number of anilines is 1. The van der Waals surface area contributed by atoms with Gasteiger partial charge in [-0.1, -0.05) is 0 Å². The Balaban J connectivity index is 2.20. The van der Waals surface area contributed by atoms with E-state index >= 15 is 0 Å². The molecule has 0 amide bonds. The van der Waals surface area contributed by atoms with Gasteiger partial charge in [-0.25, -0.2) is 22.4 Å². The summed E-state index contributed by atoms with van der Waals surface area (Å²) in [5.41, 5.74) is 2.12. The van der Waals surface area contributed by atoms with E-state index in [1.54, 1.807) is 4.83 Å². The predicted octanol–water partition coefficient (Wildman–Crippen LogP) is 0.233. The molecule has 0 saturated carbocycles. The lowest BCUT2D eigenvalue weighted by Gasteiger charge is -2.06. The Kier molecular flexibility index (Phi) is 6.38. The SMILES string of the molecule is NNS(=O)(=O)CCNc1nonc1C(=Nc1ccc(F)c(Br)c1)NO. The van der Waals surface area contributed by atoms with Gasteiger partial charge in [0.25, 0.3) is 0 Å². The molecule has 1 aromatic heterocycles. The van der Waals surface area contributed by atoms with Crippen LogP contribution in [0.4, 0.5) is 15.9 Å². The topological polar surface area (TPSA) is 168 Å². The van der Waals surface area contributed by atoms with Crippen LogP contribution in [0.2, 0.25) is 0 Å². The van der Waals surface area contributed by atoms with Gasteiger partial charge in [0, 0.05) is 6.54 Å². The van der Waals surface area contributed by atoms with E-state index in [-0.39, 0.29) is 34.1 Å². The molecule has 2 rings (SSSR count). The number of sulfonamides is 1. The smallest absolute Gasteiger partial charge is 0.225 e. The van der Waals surface area contributed by atoms with Crippen LogP contribution in [0.5, 0.6) is 0 Å². The van der Waals surface area contributed by atoms with Crippen LogP contribution in [0.1, 0.15) is 5.69 Å². The Morgan fingerprint density at radius 2 is 2.20 bits per heavy atom. The van der Waals surface area contributed by atoms with Crippen LogP contribution in [0.15, 0.2) is 32.3 Å². The number of hydroxylamine groups is 1. The maximum atomic E-state index is 13.2. The second-order valence-corrected chi connectivity index (χ2v) is 7.22. The maximum Gasteiger partial charge on any atom is 0.225 e. The Labute approximate surface area is 149 Å². The van der Waals surface area contributed by atoms with Crippen molar-refractivity contribution in [2.45, 2.75) is 0 Å². The molecule has 0 saturated heterocycles. The quantitative estimate of drug-likeness (QED) is 0.176. The number of benzene rings is 1. The molecule has 0 aliphatic carbocycles. The van der Waals surface area contributed by atoms with Gasteiger partial charge in [0.15, 0.2) is 11.5 Å². The number of rotatable bonds is 7. The molecule has 1 aromatic carbocycles. The molecule has 0 fully saturated rings. The van der Waals surface area contributed by atoms with E-state index in [2.05, 4.69) is 41.2 Å². The Morgan fingerprint density at radius 1 is 1.44 bits per heavy atom. The van der Waals surface area contributed by atoms with Crippen LogP contribution in [0.3, 0.4) is 0 Å². The zero-order chi connectivity index (χ0) is 18.4. The van der Waals surface area contributed by atoms with Gasteiger partial charge in [-0.3, -0.25) is 16.5 Å². The summed E-state index contributed by atoms with van der Waals surface area (Å²) in [7, 11) is -3.62. The van der Waals surface area contributed by atoms with Crippen molar-refractivity contribution in [2.75, 3.05) is 17.6 Å². The monoisotopic (exact) mass is 437 g/mol. The Morgan fingerprint density at radius 3 is 2.84 bits per heavy atom. The zero-order valence-electron chi connectivity index (χ0n) is 12.4. The van der Waals surface area contributed by atoms with Gasteiger partial charge < -0.3 is 5.32 Å². The fourth-order valence-electron chi connectivity index (χ4n) is 1.64. The third kappa shape index (κ3) is 5.17. The molecule has 14 heteroatoms. The number of aliphatic imine (C=N–C) groups is 1. The van der Waals surface area contributed by atoms with Gasteiger partial charge in [0.1, 0.15) is 5.82 Å². The van der Waals surface area contributed by atoms with Gasteiger partial charge >= 0.3 is 0 Å². The summed E-state index contributed by atoms with van der Waals surface area (Å²) in [5, 5.41) is 19.1. The highest BCUT2D eigenvalue weighted by molar-refractivity contribution is 9.10. The lowest BCUT2D eigenvalue weighted by Crippen LogP contribution is -2.34. The average molecular weight is 438 g/mol. The lowest BCUT2D eigenvalue weighted by molar-refractivity contribution is 0.234. The summed E-state index contributed by atoms with van der Waals surface area (Å²) in [6.45, 7) is -0.0610. The van der Waals surface area contributed by atoms with Crippen LogP contribution in [0, 0.1) is 5.82 Å². The van der Waals surface area contributed by atoms with Crippen molar-refractivity contribution in [1.82, 2.24) is 20.6 Å². The molecule has 1 heterocycles. The second-order valence-electron chi connectivity index (χ2n) is 4.50. The van der Waals surface area contributed by atoms with E-state index in [1.807, 2.05) is 5.48 Å². The summed E-state index contributed by atoms with van der Waals surface area (Å²) in [6, 6.07) is 3.94. The minimum atomic E-state index is -3.62. The predicted molar refractivity (Wildman–Crippen MR) is 89.1 cm³/mol. The number of nitrogens with two attached hydrogens (primary N) is 1. The number of amidine groups is 1. The molecule has 6 N–H and O–H groups in total. The van der Waals surface area contributed by atoms with E-state index in [9.17, 15) is 18.0 Å². The summed E-state index contributed by atoms with van der Waals surface area (Å²) in [6.07, 6.45) is 0. The summed E-state index contributed by atoms with van der Waals surface area (Å²) < 4.78 is 40.5. The van der Waals surface area contributed by atoms with Gasteiger partial charge in [-0.2, -0.15) is 4.83 Å². The van der Waals surface area contributed by atoms with Crippen molar-refractivity contribution >= 4 is 43.3 Å². The molecule has 0 atom stereocenters. The van der Waals surface area contributed by atoms with Gasteiger partial charge in [0.05, 0.1) is 15.9 Å². The van der Waals surface area contributed by atoms with Crippen molar-refractivity contribution in [1.29, 1.82) is 0 Å². The Bertz CT molecular complexity index is 873. The molecule has 0 spiro atoms. The highest BCUT2D eigenvalue weighted by atomic mass is 79.9. The highest BCUT2D eigenvalue weighted by Gasteiger charge is 2.17. The Hall–Kier alpha value is -2.13. The van der Waals surface area contributed by atoms with Crippen LogP contribution in [0.25, 0.3) is 0 Å². The first-order valence-corrected chi connectivity index (χ1v) is 9.01. The number of nitrogens with zero attached hydrogens (tertiary/aromatic N) is 3. The van der Waals surface area contributed by atoms with E-state index < -0.39 is 15.8 Å². The van der Waals surface area contributed by atoms with Gasteiger partial charge in [-0.15, -0.1) is 0 Å². The number of halogens is 2. The summed E-state index contributed by atoms with van der Waals surface area (Å²) >= 11 is 3.02. The minimum Gasteiger partial charge on any atom is -0.364 e. The van der Waals surface area contributed by atoms with Crippen molar-refractivity contribution in [3.63, 3.8) is 0 Å². The number of hydrogen-bond donors (Lipinski definition) is 5. The summed E-state index contributed by atoms with van der Waals surface area (Å²) in [4.78, 5) is 5.73. The van der Waals surface area contributed by atoms with Crippen LogP contribution < -0.4 is 21.5 Å². The van der Waals surface area contributed by atoms with Crippen molar-refractivity contribution in [3.05, 3.63) is 34.2 Å². The molecule has 0 bridgehead atoms. The fourth-order valence-corrected chi connectivity index (χ4v) is 2.49. The van der Waals surface area contributed by atoms with E-state index in [0.717, 1.165) is 0 Å². The first-order chi connectivity index (χ1) is 11.9. The molecule has 0 unspecified atom stereocenters. The number of hydrogen-bond acceptors (Lipinski definition) is 9. The molecule has 2 aromatic rings. The van der Waals surface area contributed by atoms with Crippen molar-refractivity contribution in [2.24, 2.45) is 10.8 Å². The number of nitrogens with one attached hydrogen (secondary N) is 3. The number of aromatic nitrogens is 2. The highest BCUT2D eigenvalue weighted by Crippen LogP contribution is 2.23. The van der Waals surface area contributed by atoms with Crippen LogP contribution in [-0.2, 0) is 10.0 Å².